The van der Waals surface area contributed by atoms with Gasteiger partial charge in [0.1, 0.15) is 29.6 Å². The Balaban J connectivity index is 1.59. The highest BCUT2D eigenvalue weighted by molar-refractivity contribution is 5.81. The topological polar surface area (TPSA) is 90.0 Å². The molecule has 0 saturated heterocycles. The van der Waals surface area contributed by atoms with Crippen molar-refractivity contribution in [2.75, 3.05) is 6.61 Å². The van der Waals surface area contributed by atoms with Crippen molar-refractivity contribution in [3.05, 3.63) is 88.2 Å². The van der Waals surface area contributed by atoms with Gasteiger partial charge in [-0.15, -0.1) is 0 Å². The highest BCUT2D eigenvalue weighted by Gasteiger charge is 2.08. The van der Waals surface area contributed by atoms with E-state index < -0.39 is 5.82 Å². The monoisotopic (exact) mass is 416 g/mol. The van der Waals surface area contributed by atoms with E-state index in [0.29, 0.717) is 23.8 Å². The van der Waals surface area contributed by atoms with Crippen molar-refractivity contribution >= 4 is 10.9 Å². The molecule has 2 heterocycles. The summed E-state index contributed by atoms with van der Waals surface area (Å²) in [4.78, 5) is 16.6. The van der Waals surface area contributed by atoms with E-state index in [2.05, 4.69) is 10.1 Å². The van der Waals surface area contributed by atoms with Gasteiger partial charge in [-0.2, -0.15) is 10.4 Å². The molecule has 0 bridgehead atoms. The van der Waals surface area contributed by atoms with Gasteiger partial charge in [0.2, 0.25) is 5.43 Å². The average molecular weight is 416 g/mol. The van der Waals surface area contributed by atoms with Crippen molar-refractivity contribution < 1.29 is 13.9 Å². The van der Waals surface area contributed by atoms with Crippen molar-refractivity contribution in [2.24, 2.45) is 0 Å². The molecule has 0 saturated carbocycles. The second-order valence-corrected chi connectivity index (χ2v) is 6.63. The summed E-state index contributed by atoms with van der Waals surface area (Å²) in [6.45, 7) is 2.36. The van der Waals surface area contributed by atoms with Crippen LogP contribution in [0.3, 0.4) is 0 Å². The summed E-state index contributed by atoms with van der Waals surface area (Å²) in [7, 11) is 0. The Morgan fingerprint density at radius 1 is 1.10 bits per heavy atom. The average Bonchev–Trinajstić information content (AvgIpc) is 2.78. The van der Waals surface area contributed by atoms with E-state index in [1.165, 1.54) is 29.1 Å². The summed E-state index contributed by atoms with van der Waals surface area (Å²) >= 11 is 0. The molecule has 0 radical (unpaired) electrons. The predicted molar refractivity (Wildman–Crippen MR) is 112 cm³/mol. The first-order valence-electron chi connectivity index (χ1n) is 9.51. The molecule has 0 unspecified atom stereocenters. The van der Waals surface area contributed by atoms with Gasteiger partial charge in [0.05, 0.1) is 35.6 Å². The van der Waals surface area contributed by atoms with Crippen molar-refractivity contribution in [1.29, 1.82) is 5.26 Å². The highest BCUT2D eigenvalue weighted by Crippen LogP contribution is 2.23. The van der Waals surface area contributed by atoms with Crippen molar-refractivity contribution in [3.63, 3.8) is 0 Å². The third-order valence-corrected chi connectivity index (χ3v) is 4.47. The molecule has 8 heteroatoms. The van der Waals surface area contributed by atoms with E-state index in [9.17, 15) is 9.18 Å². The quantitative estimate of drug-likeness (QED) is 0.475. The molecule has 7 nitrogen and oxygen atoms in total. The second kappa shape index (κ2) is 8.63. The molecule has 0 atom stereocenters. The molecule has 0 spiro atoms. The van der Waals surface area contributed by atoms with Gasteiger partial charge in [-0.25, -0.2) is 9.07 Å². The van der Waals surface area contributed by atoms with Gasteiger partial charge >= 0.3 is 0 Å². The van der Waals surface area contributed by atoms with Crippen LogP contribution in [0, 0.1) is 17.1 Å². The van der Waals surface area contributed by atoms with Gasteiger partial charge in [-0.05, 0) is 49.4 Å². The molecule has 0 N–H and O–H groups in total. The van der Waals surface area contributed by atoms with Crippen LogP contribution in [0.25, 0.3) is 16.6 Å². The molecule has 0 aliphatic rings. The van der Waals surface area contributed by atoms with Crippen molar-refractivity contribution in [1.82, 2.24) is 14.8 Å². The Bertz CT molecular complexity index is 1360. The summed E-state index contributed by atoms with van der Waals surface area (Å²) in [5.74, 6) is 0.632. The second-order valence-electron chi connectivity index (χ2n) is 6.63. The lowest BCUT2D eigenvalue weighted by Crippen LogP contribution is -2.18. The summed E-state index contributed by atoms with van der Waals surface area (Å²) in [6, 6.07) is 14.3. The minimum atomic E-state index is -0.566. The minimum Gasteiger partial charge on any atom is -0.492 e. The van der Waals surface area contributed by atoms with E-state index in [0.717, 1.165) is 17.0 Å². The maximum Gasteiger partial charge on any atom is 0.206 e. The molecule has 2 aromatic carbocycles. The molecule has 154 valence electrons. The number of nitrogens with zero attached hydrogens (tertiary/aromatic N) is 4. The number of pyridine rings is 1. The first kappa shape index (κ1) is 20.0. The van der Waals surface area contributed by atoms with E-state index >= 15 is 0 Å². The Morgan fingerprint density at radius 2 is 1.94 bits per heavy atom. The summed E-state index contributed by atoms with van der Waals surface area (Å²) < 4.78 is 26.3. The Kier molecular flexibility index (Phi) is 5.58. The van der Waals surface area contributed by atoms with Crippen LogP contribution in [0.15, 0.2) is 65.7 Å². The lowest BCUT2D eigenvalue weighted by molar-refractivity contribution is 0.298. The molecule has 4 aromatic rings. The van der Waals surface area contributed by atoms with Gasteiger partial charge in [-0.1, -0.05) is 0 Å². The molecular weight excluding hydrogens is 399 g/mol. The fourth-order valence-corrected chi connectivity index (χ4v) is 3.04. The van der Waals surface area contributed by atoms with E-state index in [1.807, 2.05) is 25.1 Å². The Labute approximate surface area is 176 Å². The van der Waals surface area contributed by atoms with Crippen LogP contribution in [0.5, 0.6) is 11.5 Å². The zero-order chi connectivity index (χ0) is 21.8. The fraction of sp³-hybridized carbons (Fsp3) is 0.130. The van der Waals surface area contributed by atoms with Crippen LogP contribution in [0.4, 0.5) is 4.39 Å². The molecule has 0 aliphatic heterocycles. The largest absolute Gasteiger partial charge is 0.492 e. The van der Waals surface area contributed by atoms with Crippen LogP contribution in [0.2, 0.25) is 0 Å². The van der Waals surface area contributed by atoms with Crippen LogP contribution >= 0.6 is 0 Å². The number of hydrogen-bond acceptors (Lipinski definition) is 6. The molecule has 4 rings (SSSR count). The molecular formula is C23H17FN4O3. The maximum absolute atomic E-state index is 13.8. The Morgan fingerprint density at radius 3 is 2.74 bits per heavy atom. The van der Waals surface area contributed by atoms with Crippen molar-refractivity contribution in [2.45, 2.75) is 13.5 Å². The first-order valence-corrected chi connectivity index (χ1v) is 9.51. The first-order chi connectivity index (χ1) is 15.1. The number of hydrogen-bond donors (Lipinski definition) is 0. The summed E-state index contributed by atoms with van der Waals surface area (Å²) in [6.07, 6.45) is 3.07. The van der Waals surface area contributed by atoms with Gasteiger partial charge in [0.25, 0.3) is 0 Å². The van der Waals surface area contributed by atoms with Crippen LogP contribution < -0.4 is 14.9 Å². The standard InChI is InChI=1S/C23H17FN4O3/c1-2-30-20-10-16-9-19(3-4-21(16)26-13-20)31-14-22-23(29)5-6-28(27-22)18-8-15(12-25)7-17(24)11-18/h3-11,13H,2,14H2,1H3. The molecule has 0 aliphatic carbocycles. The van der Waals surface area contributed by atoms with E-state index in [1.54, 1.807) is 18.3 Å². The van der Waals surface area contributed by atoms with Gasteiger partial charge in [0.15, 0.2) is 0 Å². The van der Waals surface area contributed by atoms with E-state index in [-0.39, 0.29) is 23.3 Å². The number of fused-ring (bicyclic) bond motifs is 1. The number of nitriles is 1. The third-order valence-electron chi connectivity index (χ3n) is 4.47. The number of aromatic nitrogens is 3. The zero-order valence-corrected chi connectivity index (χ0v) is 16.6. The lowest BCUT2D eigenvalue weighted by atomic mass is 10.2. The number of ether oxygens (including phenoxy) is 2. The van der Waals surface area contributed by atoms with Gasteiger partial charge < -0.3 is 9.47 Å². The summed E-state index contributed by atoms with van der Waals surface area (Å²) in [5, 5.41) is 14.1. The molecule has 0 amide bonds. The third kappa shape index (κ3) is 4.51. The zero-order valence-electron chi connectivity index (χ0n) is 16.6. The smallest absolute Gasteiger partial charge is 0.206 e. The lowest BCUT2D eigenvalue weighted by Gasteiger charge is -2.10. The number of rotatable bonds is 6. The SMILES string of the molecule is CCOc1cnc2ccc(OCc3nn(-c4cc(F)cc(C#N)c4)ccc3=O)cc2c1. The summed E-state index contributed by atoms with van der Waals surface area (Å²) in [5.41, 5.74) is 1.11. The fourth-order valence-electron chi connectivity index (χ4n) is 3.04. The maximum atomic E-state index is 13.8. The highest BCUT2D eigenvalue weighted by atomic mass is 19.1. The normalized spacial score (nSPS) is 10.6. The Hall–Kier alpha value is -4.25. The molecule has 0 fully saturated rings. The molecule has 2 aromatic heterocycles. The minimum absolute atomic E-state index is 0.0792. The van der Waals surface area contributed by atoms with Crippen LogP contribution in [-0.4, -0.2) is 21.4 Å². The van der Waals surface area contributed by atoms with Gasteiger partial charge in [0, 0.05) is 17.6 Å². The van der Waals surface area contributed by atoms with Gasteiger partial charge in [-0.3, -0.25) is 9.78 Å². The van der Waals surface area contributed by atoms with Crippen LogP contribution in [-0.2, 0) is 6.61 Å². The van der Waals surface area contributed by atoms with E-state index in [4.69, 9.17) is 14.7 Å². The van der Waals surface area contributed by atoms with Crippen molar-refractivity contribution in [3.8, 4) is 23.3 Å². The molecule has 31 heavy (non-hydrogen) atoms. The predicted octanol–water partition coefficient (Wildman–Crippen LogP) is 3.77. The number of benzene rings is 2. The number of halogens is 1. The van der Waals surface area contributed by atoms with Crippen LogP contribution in [0.1, 0.15) is 18.2 Å².